The molecular weight excluding hydrogens is 1340 g/mol. The maximum absolute atomic E-state index is 12.6. The Kier molecular flexibility index (Phi) is 60.6. The highest BCUT2D eigenvalue weighted by Crippen LogP contribution is 2.25. The Hall–Kier alpha value is -1.78. The monoisotopic (exact) mass is 1440 g/mol. The number of thiol groups is 7. The standard InChI is InChI=1S/C27H49NO12S4Si.C17H28O8S4.C10H24O3Si/c1-4-38-45(39-5-2,40-6-3)17-7-12-28-26(33)44-16-11-25(32)37-21-27(18-34-22(29)8-13-41,19-35-23(30)9-14-42)20-36-24(31)10-15-43;18-13(1-5-26)22-9-17(10-23-14(19)2-6-27,11-24-15(20)3-7-28)12-25-16(21)4-8-29;1-5-9-10-14(11-6-2,12-7-3)13-8-4/h41-43H,4-21H2,1-3H3,(H,28,33);26-29H,1-12H2;5-10H2,1-4H3. The largest absolute Gasteiger partial charge is 0.500 e. The molecule has 0 saturated carbocycles. The van der Waals surface area contributed by atoms with Gasteiger partial charge in [0.2, 0.25) is 0 Å². The van der Waals surface area contributed by atoms with Crippen molar-refractivity contribution in [1.82, 2.24) is 5.32 Å². The summed E-state index contributed by atoms with van der Waals surface area (Å²) in [5, 5.41) is 2.48. The van der Waals surface area contributed by atoms with Crippen molar-refractivity contribution in [2.24, 2.45) is 10.8 Å². The van der Waals surface area contributed by atoms with Gasteiger partial charge < -0.3 is 69.8 Å². The van der Waals surface area contributed by atoms with Crippen molar-refractivity contribution < 1.29 is 108 Å². The second-order valence-corrected chi connectivity index (χ2v) is 28.2. The van der Waals surface area contributed by atoms with Crippen LogP contribution in [0.4, 0.5) is 4.79 Å². The van der Waals surface area contributed by atoms with Gasteiger partial charge in [-0.1, -0.05) is 25.1 Å². The molecule has 0 heterocycles. The van der Waals surface area contributed by atoms with Crippen molar-refractivity contribution in [3.8, 4) is 0 Å². The van der Waals surface area contributed by atoms with Crippen LogP contribution in [-0.4, -0.2) is 216 Å². The molecule has 0 aliphatic heterocycles. The number of unbranched alkanes of at least 4 members (excludes halogenated alkanes) is 1. The van der Waals surface area contributed by atoms with Crippen LogP contribution in [0.1, 0.15) is 119 Å². The summed E-state index contributed by atoms with van der Waals surface area (Å²) in [6.07, 6.45) is 3.08. The summed E-state index contributed by atoms with van der Waals surface area (Å²) in [4.78, 5) is 108. The first-order valence-corrected chi connectivity index (χ1v) is 38.6. The Morgan fingerprint density at radius 2 is 0.557 bits per heavy atom. The predicted molar refractivity (Wildman–Crippen MR) is 363 cm³/mol. The summed E-state index contributed by atoms with van der Waals surface area (Å²) in [5.74, 6) is -2.48. The molecule has 0 aliphatic carbocycles. The van der Waals surface area contributed by atoms with Crippen molar-refractivity contribution in [2.75, 3.05) is 145 Å². The van der Waals surface area contributed by atoms with Gasteiger partial charge in [-0.25, -0.2) is 0 Å². The van der Waals surface area contributed by atoms with Gasteiger partial charge >= 0.3 is 65.4 Å². The van der Waals surface area contributed by atoms with E-state index < -0.39 is 76.2 Å². The van der Waals surface area contributed by atoms with E-state index in [1.807, 2.05) is 41.5 Å². The Morgan fingerprint density at radius 3 is 0.761 bits per heavy atom. The fourth-order valence-electron chi connectivity index (χ4n) is 6.75. The minimum atomic E-state index is -2.80. The van der Waals surface area contributed by atoms with Crippen LogP contribution < -0.4 is 5.32 Å². The van der Waals surface area contributed by atoms with E-state index >= 15 is 0 Å². The van der Waals surface area contributed by atoms with Crippen LogP contribution in [0.15, 0.2) is 0 Å². The van der Waals surface area contributed by atoms with Crippen LogP contribution in [-0.2, 0) is 103 Å². The molecule has 0 fully saturated rings. The molecule has 0 bridgehead atoms. The number of amides is 1. The molecule has 24 nitrogen and oxygen atoms in total. The smallest absolute Gasteiger partial charge is 0.465 e. The van der Waals surface area contributed by atoms with E-state index in [9.17, 15) is 43.2 Å². The highest BCUT2D eigenvalue weighted by Gasteiger charge is 2.42. The lowest BCUT2D eigenvalue weighted by molar-refractivity contribution is -0.173. The van der Waals surface area contributed by atoms with E-state index in [0.717, 1.165) is 30.6 Å². The van der Waals surface area contributed by atoms with E-state index in [1.165, 1.54) is 0 Å². The Morgan fingerprint density at radius 1 is 0.341 bits per heavy atom. The molecule has 0 saturated heterocycles. The van der Waals surface area contributed by atoms with Crippen LogP contribution in [0.2, 0.25) is 12.1 Å². The first-order valence-electron chi connectivity index (χ1n) is 29.4. The number of rotatable bonds is 52. The first-order chi connectivity index (χ1) is 42.1. The Bertz CT molecular complexity index is 1730. The van der Waals surface area contributed by atoms with E-state index in [-0.39, 0.29) is 155 Å². The molecule has 0 aromatic carbocycles. The number of esters is 8. The van der Waals surface area contributed by atoms with E-state index in [1.54, 1.807) is 0 Å². The summed E-state index contributed by atoms with van der Waals surface area (Å²) in [5.41, 5.74) is -2.62. The third-order valence-electron chi connectivity index (χ3n) is 11.0. The highest BCUT2D eigenvalue weighted by molar-refractivity contribution is 8.13. The van der Waals surface area contributed by atoms with Gasteiger partial charge in [0.15, 0.2) is 0 Å². The lowest BCUT2D eigenvalue weighted by Crippen LogP contribution is -2.46. The molecule has 0 atom stereocenters. The minimum absolute atomic E-state index is 0.0194. The zero-order chi connectivity index (χ0) is 67.0. The molecule has 88 heavy (non-hydrogen) atoms. The molecule has 0 radical (unpaired) electrons. The molecule has 516 valence electrons. The van der Waals surface area contributed by atoms with Crippen molar-refractivity contribution >= 4 is 171 Å². The van der Waals surface area contributed by atoms with Gasteiger partial charge in [-0.3, -0.25) is 43.2 Å². The van der Waals surface area contributed by atoms with E-state index in [2.05, 4.69) is 101 Å². The van der Waals surface area contributed by atoms with Gasteiger partial charge in [0.25, 0.3) is 5.24 Å². The molecule has 34 heteroatoms. The number of ether oxygens (including phenoxy) is 8. The normalized spacial score (nSPS) is 11.4. The summed E-state index contributed by atoms with van der Waals surface area (Å²) < 4.78 is 76.8. The van der Waals surface area contributed by atoms with Gasteiger partial charge in [-0.05, 0) is 54.4 Å². The van der Waals surface area contributed by atoms with Gasteiger partial charge in [0.05, 0.1) is 51.4 Å². The third kappa shape index (κ3) is 48.0. The second kappa shape index (κ2) is 59.0. The zero-order valence-corrected chi connectivity index (χ0v) is 61.5. The molecule has 0 unspecified atom stereocenters. The van der Waals surface area contributed by atoms with Gasteiger partial charge in [0, 0.05) is 104 Å². The summed E-state index contributed by atoms with van der Waals surface area (Å²) in [6.45, 7) is 15.0. The van der Waals surface area contributed by atoms with Crippen LogP contribution in [0, 0.1) is 10.8 Å². The molecule has 1 amide bonds. The molecule has 0 aromatic rings. The summed E-state index contributed by atoms with van der Waals surface area (Å²) in [6, 6.07) is 1.50. The van der Waals surface area contributed by atoms with Gasteiger partial charge in [-0.2, -0.15) is 88.4 Å². The summed E-state index contributed by atoms with van der Waals surface area (Å²) in [7, 11) is -5.11. The molecule has 0 rings (SSSR count). The van der Waals surface area contributed by atoms with Gasteiger partial charge in [-0.15, -0.1) is 0 Å². The fraction of sp³-hybridized carbons (Fsp3) is 0.833. The average molecular weight is 1450 g/mol. The molecule has 0 aromatic heterocycles. The van der Waals surface area contributed by atoms with Crippen molar-refractivity contribution in [3.63, 3.8) is 0 Å². The van der Waals surface area contributed by atoms with Crippen LogP contribution in [0.5, 0.6) is 0 Å². The van der Waals surface area contributed by atoms with E-state index in [4.69, 9.17) is 64.5 Å². The average Bonchev–Trinajstić information content (AvgIpc) is 3.29. The summed E-state index contributed by atoms with van der Waals surface area (Å²) >= 11 is 28.8. The van der Waals surface area contributed by atoms with Crippen molar-refractivity contribution in [3.05, 3.63) is 0 Å². The second-order valence-electron chi connectivity index (χ2n) is 18.6. The van der Waals surface area contributed by atoms with Crippen LogP contribution in [0.25, 0.3) is 0 Å². The number of nitrogens with one attached hydrogen (secondary N) is 1. The topological polar surface area (TPSA) is 295 Å². The lowest BCUT2D eigenvalue weighted by atomic mass is 9.92. The number of carbonyl (C=O) groups excluding carboxylic acids is 9. The van der Waals surface area contributed by atoms with E-state index in [0.29, 0.717) is 58.7 Å². The number of hydrogen-bond acceptors (Lipinski definition) is 31. The molecular formula is C54H101NO23S8Si2. The quantitative estimate of drug-likeness (QED) is 0.00954. The zero-order valence-electron chi connectivity index (χ0n) is 52.4. The maximum Gasteiger partial charge on any atom is 0.500 e. The van der Waals surface area contributed by atoms with Crippen molar-refractivity contribution in [1.29, 1.82) is 0 Å². The molecule has 0 spiro atoms. The van der Waals surface area contributed by atoms with Crippen LogP contribution in [0.3, 0.4) is 0 Å². The maximum atomic E-state index is 12.6. The third-order valence-corrected chi connectivity index (χ3v) is 19.7. The molecule has 0 aliphatic rings. The lowest BCUT2D eigenvalue weighted by Gasteiger charge is -2.31. The SMILES string of the molecule is CCCC[Si](OCC)(OCC)OCC.CCO[Si](CCCNC(=O)SCCC(=O)OCC(COC(=O)CCS)(COC(=O)CCS)COC(=O)CCS)(OCC)OCC.O=C(CCS)OCC(COC(=O)CCS)(COC(=O)CCS)COC(=O)CCS. The van der Waals surface area contributed by atoms with Gasteiger partial charge in [0.1, 0.15) is 63.7 Å². The number of thioether (sulfide) groups is 1. The number of hydrogen-bond donors (Lipinski definition) is 8. The Labute approximate surface area is 566 Å². The first kappa shape index (κ1) is 90.4. The van der Waals surface area contributed by atoms with Crippen LogP contribution >= 0.6 is 100 Å². The number of carbonyl (C=O) groups is 9. The fourth-order valence-corrected chi connectivity index (χ4v) is 14.1. The van der Waals surface area contributed by atoms with Crippen molar-refractivity contribution in [2.45, 2.75) is 131 Å². The predicted octanol–water partition coefficient (Wildman–Crippen LogP) is 7.64. The minimum Gasteiger partial charge on any atom is -0.465 e. The Balaban J connectivity index is -0.00000142. The molecule has 1 N–H and O–H groups in total. The highest BCUT2D eigenvalue weighted by atomic mass is 32.2.